The van der Waals surface area contributed by atoms with E-state index < -0.39 is 0 Å². The zero-order valence-corrected chi connectivity index (χ0v) is 11.1. The van der Waals surface area contributed by atoms with Crippen molar-refractivity contribution in [2.75, 3.05) is 26.7 Å². The molecule has 1 atom stereocenters. The van der Waals surface area contributed by atoms with Crippen molar-refractivity contribution < 1.29 is 4.74 Å². The predicted molar refractivity (Wildman–Crippen MR) is 72.9 cm³/mol. The lowest BCUT2D eigenvalue weighted by Gasteiger charge is -2.23. The normalized spacial score (nSPS) is 26.2. The Labute approximate surface area is 109 Å². The number of rotatable bonds is 4. The van der Waals surface area contributed by atoms with E-state index in [9.17, 15) is 0 Å². The topological polar surface area (TPSA) is 38.5 Å². The Balaban J connectivity index is 1.70. The maximum atomic E-state index is 5.98. The number of hydrogen-bond acceptors (Lipinski definition) is 3. The van der Waals surface area contributed by atoms with Crippen molar-refractivity contribution in [2.45, 2.75) is 30.7 Å². The fourth-order valence-corrected chi connectivity index (χ4v) is 3.07. The van der Waals surface area contributed by atoms with Crippen LogP contribution in [0.4, 0.5) is 0 Å². The van der Waals surface area contributed by atoms with Crippen molar-refractivity contribution in [3.63, 3.8) is 0 Å². The third-order valence-electron chi connectivity index (χ3n) is 4.39. The summed E-state index contributed by atoms with van der Waals surface area (Å²) in [5, 5.41) is 0. The summed E-state index contributed by atoms with van der Waals surface area (Å²) in [5.41, 5.74) is 7.84. The molecule has 3 rings (SSSR count). The third kappa shape index (κ3) is 2.25. The van der Waals surface area contributed by atoms with Gasteiger partial charge in [-0.15, -0.1) is 0 Å². The van der Waals surface area contributed by atoms with Gasteiger partial charge in [0.25, 0.3) is 0 Å². The lowest BCUT2D eigenvalue weighted by atomic mass is 9.95. The molecule has 2 fully saturated rings. The van der Waals surface area contributed by atoms with Gasteiger partial charge in [-0.3, -0.25) is 0 Å². The van der Waals surface area contributed by atoms with E-state index in [-0.39, 0.29) is 0 Å². The van der Waals surface area contributed by atoms with Crippen LogP contribution in [0.3, 0.4) is 0 Å². The fraction of sp³-hybridized carbons (Fsp3) is 0.600. The first-order valence-corrected chi connectivity index (χ1v) is 6.84. The largest absolute Gasteiger partial charge is 0.497 e. The van der Waals surface area contributed by atoms with Crippen LogP contribution in [0, 0.1) is 0 Å². The summed E-state index contributed by atoms with van der Waals surface area (Å²) in [4.78, 5) is 2.53. The number of ether oxygens (including phenoxy) is 1. The molecule has 1 heterocycles. The van der Waals surface area contributed by atoms with Crippen LogP contribution in [-0.4, -0.2) is 37.7 Å². The average molecular weight is 246 g/mol. The van der Waals surface area contributed by atoms with Crippen LogP contribution in [0.15, 0.2) is 24.3 Å². The number of nitrogens with two attached hydrogens (primary N) is 1. The van der Waals surface area contributed by atoms with Crippen molar-refractivity contribution in [3.05, 3.63) is 29.8 Å². The van der Waals surface area contributed by atoms with Gasteiger partial charge >= 0.3 is 0 Å². The van der Waals surface area contributed by atoms with E-state index in [1.54, 1.807) is 7.11 Å². The highest BCUT2D eigenvalue weighted by Crippen LogP contribution is 2.49. The monoisotopic (exact) mass is 246 g/mol. The van der Waals surface area contributed by atoms with Crippen LogP contribution in [0.5, 0.6) is 5.75 Å². The van der Waals surface area contributed by atoms with Gasteiger partial charge in [0.2, 0.25) is 0 Å². The van der Waals surface area contributed by atoms with Crippen molar-refractivity contribution in [3.8, 4) is 5.75 Å². The highest BCUT2D eigenvalue weighted by Gasteiger charge is 2.45. The molecule has 0 amide bonds. The molecule has 98 valence electrons. The molecule has 0 bridgehead atoms. The second-order valence-corrected chi connectivity index (χ2v) is 5.79. The Bertz CT molecular complexity index is 411. The number of nitrogens with zero attached hydrogens (tertiary/aromatic N) is 1. The van der Waals surface area contributed by atoms with Gasteiger partial charge < -0.3 is 15.4 Å². The second-order valence-electron chi connectivity index (χ2n) is 5.79. The minimum absolute atomic E-state index is 0.386. The lowest BCUT2D eigenvalue weighted by Crippen LogP contribution is -2.33. The summed E-state index contributed by atoms with van der Waals surface area (Å²) in [7, 11) is 1.72. The first-order valence-electron chi connectivity index (χ1n) is 6.84. The SMILES string of the molecule is COc1ccc(C2(CN3CC[C@H](N)C3)CC2)cc1. The molecule has 2 N–H and O–H groups in total. The molecular weight excluding hydrogens is 224 g/mol. The lowest BCUT2D eigenvalue weighted by molar-refractivity contribution is 0.301. The van der Waals surface area contributed by atoms with Crippen LogP contribution in [0.1, 0.15) is 24.8 Å². The van der Waals surface area contributed by atoms with E-state index in [0.717, 1.165) is 18.7 Å². The molecule has 0 spiro atoms. The van der Waals surface area contributed by atoms with Crippen LogP contribution >= 0.6 is 0 Å². The van der Waals surface area contributed by atoms with Crippen molar-refractivity contribution in [1.82, 2.24) is 4.90 Å². The summed E-state index contributed by atoms with van der Waals surface area (Å²) < 4.78 is 5.22. The summed E-state index contributed by atoms with van der Waals surface area (Å²) >= 11 is 0. The Morgan fingerprint density at radius 3 is 2.56 bits per heavy atom. The summed E-state index contributed by atoms with van der Waals surface area (Å²) in [6, 6.07) is 8.98. The molecule has 0 aromatic heterocycles. The van der Waals surface area contributed by atoms with Gasteiger partial charge in [0.15, 0.2) is 0 Å². The zero-order valence-electron chi connectivity index (χ0n) is 11.1. The van der Waals surface area contributed by atoms with Crippen LogP contribution in [0.2, 0.25) is 0 Å². The number of likely N-dealkylation sites (tertiary alicyclic amines) is 1. The van der Waals surface area contributed by atoms with Crippen LogP contribution < -0.4 is 10.5 Å². The highest BCUT2D eigenvalue weighted by molar-refractivity contribution is 5.36. The molecule has 1 aliphatic carbocycles. The van der Waals surface area contributed by atoms with Crippen LogP contribution in [0.25, 0.3) is 0 Å². The molecule has 1 aromatic carbocycles. The summed E-state index contributed by atoms with van der Waals surface area (Å²) in [5.74, 6) is 0.942. The number of hydrogen-bond donors (Lipinski definition) is 1. The molecular formula is C15H22N2O. The molecule has 0 unspecified atom stereocenters. The molecule has 1 saturated heterocycles. The first kappa shape index (κ1) is 12.0. The predicted octanol–water partition coefficient (Wildman–Crippen LogP) is 1.76. The van der Waals surface area contributed by atoms with Crippen LogP contribution in [-0.2, 0) is 5.41 Å². The van der Waals surface area contributed by atoms with Crippen molar-refractivity contribution >= 4 is 0 Å². The first-order chi connectivity index (χ1) is 8.72. The van der Waals surface area contributed by atoms with E-state index >= 15 is 0 Å². The van der Waals surface area contributed by atoms with Gasteiger partial charge in [-0.05, 0) is 43.5 Å². The van der Waals surface area contributed by atoms with Gasteiger partial charge in [-0.2, -0.15) is 0 Å². The molecule has 1 aromatic rings. The molecule has 1 saturated carbocycles. The molecule has 1 aliphatic heterocycles. The van der Waals surface area contributed by atoms with Gasteiger partial charge in [-0.25, -0.2) is 0 Å². The van der Waals surface area contributed by atoms with Gasteiger partial charge in [0.1, 0.15) is 5.75 Å². The molecule has 2 aliphatic rings. The van der Waals surface area contributed by atoms with Gasteiger partial charge in [-0.1, -0.05) is 12.1 Å². The average Bonchev–Trinajstić information content (AvgIpc) is 3.06. The smallest absolute Gasteiger partial charge is 0.118 e. The zero-order chi connectivity index (χ0) is 12.6. The maximum Gasteiger partial charge on any atom is 0.118 e. The fourth-order valence-electron chi connectivity index (χ4n) is 3.07. The van der Waals surface area contributed by atoms with E-state index in [0.29, 0.717) is 11.5 Å². The Hall–Kier alpha value is -1.06. The Morgan fingerprint density at radius 1 is 1.33 bits per heavy atom. The van der Waals surface area contributed by atoms with Crippen molar-refractivity contribution in [2.24, 2.45) is 5.73 Å². The van der Waals surface area contributed by atoms with E-state index in [4.69, 9.17) is 10.5 Å². The third-order valence-corrected chi connectivity index (χ3v) is 4.39. The van der Waals surface area contributed by atoms with E-state index in [1.165, 1.54) is 31.5 Å². The minimum Gasteiger partial charge on any atom is -0.497 e. The number of methoxy groups -OCH3 is 1. The maximum absolute atomic E-state index is 5.98. The molecule has 3 heteroatoms. The Kier molecular flexibility index (Phi) is 3.04. The van der Waals surface area contributed by atoms with Gasteiger partial charge in [0.05, 0.1) is 7.11 Å². The van der Waals surface area contributed by atoms with Gasteiger partial charge in [0, 0.05) is 24.5 Å². The molecule has 18 heavy (non-hydrogen) atoms. The Morgan fingerprint density at radius 2 is 2.06 bits per heavy atom. The highest BCUT2D eigenvalue weighted by atomic mass is 16.5. The van der Waals surface area contributed by atoms with E-state index in [2.05, 4.69) is 29.2 Å². The standard InChI is InChI=1S/C15H22N2O/c1-18-14-4-2-12(3-5-14)15(7-8-15)11-17-9-6-13(16)10-17/h2-5,13H,6-11,16H2,1H3/t13-/m0/s1. The summed E-state index contributed by atoms with van der Waals surface area (Å²) in [6.45, 7) is 3.41. The summed E-state index contributed by atoms with van der Waals surface area (Å²) in [6.07, 6.45) is 3.77. The minimum atomic E-state index is 0.386. The molecule has 3 nitrogen and oxygen atoms in total. The van der Waals surface area contributed by atoms with Crippen molar-refractivity contribution in [1.29, 1.82) is 0 Å². The molecule has 0 radical (unpaired) electrons. The second kappa shape index (κ2) is 4.56. The quantitative estimate of drug-likeness (QED) is 0.880. The number of benzene rings is 1. The van der Waals surface area contributed by atoms with E-state index in [1.807, 2.05) is 0 Å².